The molecule has 30 heavy (non-hydrogen) atoms. The van der Waals surface area contributed by atoms with Crippen LogP contribution in [0.1, 0.15) is 83.0 Å². The first-order chi connectivity index (χ1) is 14.2. The van der Waals surface area contributed by atoms with Crippen molar-refractivity contribution in [2.24, 2.45) is 11.3 Å². The maximum atomic E-state index is 13.3. The standard InChI is InChI=1S/C25H39N3O2/c1-19(18-25(2,3)4)16-23(29)26-20-10-11-22(27-12-6-5-7-13-27)21(17-20)24(30)28-14-8-9-15-28/h10-11,17,19H,5-9,12-16,18H2,1-4H3,(H,26,29)/t19-/m1/s1. The highest BCUT2D eigenvalue weighted by molar-refractivity contribution is 6.02. The van der Waals surface area contributed by atoms with E-state index in [1.165, 1.54) is 19.3 Å². The number of hydrogen-bond acceptors (Lipinski definition) is 3. The highest BCUT2D eigenvalue weighted by atomic mass is 16.2. The fourth-order valence-electron chi connectivity index (χ4n) is 4.93. The van der Waals surface area contributed by atoms with Gasteiger partial charge in [-0.15, -0.1) is 0 Å². The zero-order valence-corrected chi connectivity index (χ0v) is 19.3. The van der Waals surface area contributed by atoms with E-state index in [1.807, 2.05) is 23.1 Å². The summed E-state index contributed by atoms with van der Waals surface area (Å²) in [5, 5.41) is 3.05. The molecule has 5 heteroatoms. The summed E-state index contributed by atoms with van der Waals surface area (Å²) in [6, 6.07) is 5.89. The number of nitrogens with zero attached hydrogens (tertiary/aromatic N) is 2. The third-order valence-electron chi connectivity index (χ3n) is 6.10. The molecule has 2 saturated heterocycles. The summed E-state index contributed by atoms with van der Waals surface area (Å²) in [6.45, 7) is 12.4. The molecule has 0 aromatic heterocycles. The molecule has 1 atom stereocenters. The van der Waals surface area contributed by atoms with Crippen LogP contribution in [-0.4, -0.2) is 42.9 Å². The average molecular weight is 414 g/mol. The van der Waals surface area contributed by atoms with Gasteiger partial charge < -0.3 is 15.1 Å². The summed E-state index contributed by atoms with van der Waals surface area (Å²) in [6.07, 6.45) is 7.25. The molecular weight excluding hydrogens is 374 g/mol. The summed E-state index contributed by atoms with van der Waals surface area (Å²) >= 11 is 0. The van der Waals surface area contributed by atoms with E-state index >= 15 is 0 Å². The Balaban J connectivity index is 1.76. The lowest BCUT2D eigenvalue weighted by molar-refractivity contribution is -0.117. The first kappa shape index (κ1) is 22.6. The van der Waals surface area contributed by atoms with Crippen LogP contribution < -0.4 is 10.2 Å². The van der Waals surface area contributed by atoms with E-state index in [0.717, 1.165) is 62.4 Å². The molecule has 0 saturated carbocycles. The quantitative estimate of drug-likeness (QED) is 0.687. The molecule has 3 rings (SSSR count). The number of benzene rings is 1. The van der Waals surface area contributed by atoms with E-state index in [0.29, 0.717) is 12.3 Å². The summed E-state index contributed by atoms with van der Waals surface area (Å²) < 4.78 is 0. The average Bonchev–Trinajstić information content (AvgIpc) is 3.21. The second-order valence-corrected chi connectivity index (χ2v) is 10.4. The van der Waals surface area contributed by atoms with E-state index in [1.54, 1.807) is 0 Å². The van der Waals surface area contributed by atoms with E-state index in [9.17, 15) is 9.59 Å². The molecule has 0 bridgehead atoms. The molecule has 0 spiro atoms. The molecule has 2 heterocycles. The predicted octanol–water partition coefficient (Wildman–Crippen LogP) is 5.31. The van der Waals surface area contributed by atoms with Crippen molar-refractivity contribution in [1.82, 2.24) is 4.90 Å². The molecule has 5 nitrogen and oxygen atoms in total. The Labute approximate surface area is 182 Å². The van der Waals surface area contributed by atoms with Crippen LogP contribution in [0, 0.1) is 11.3 Å². The van der Waals surface area contributed by atoms with Gasteiger partial charge in [0.25, 0.3) is 5.91 Å². The van der Waals surface area contributed by atoms with Crippen molar-refractivity contribution in [2.75, 3.05) is 36.4 Å². The van der Waals surface area contributed by atoms with Crippen LogP contribution in [0.25, 0.3) is 0 Å². The molecule has 2 amide bonds. The summed E-state index contributed by atoms with van der Waals surface area (Å²) in [4.78, 5) is 30.2. The lowest BCUT2D eigenvalue weighted by Gasteiger charge is -2.31. The van der Waals surface area contributed by atoms with Gasteiger partial charge >= 0.3 is 0 Å². The van der Waals surface area contributed by atoms with Crippen LogP contribution in [0.15, 0.2) is 18.2 Å². The second kappa shape index (κ2) is 9.84. The van der Waals surface area contributed by atoms with Gasteiger partial charge in [0.05, 0.1) is 5.56 Å². The zero-order chi connectivity index (χ0) is 21.7. The minimum atomic E-state index is 0.0250. The Morgan fingerprint density at radius 1 is 1.00 bits per heavy atom. The second-order valence-electron chi connectivity index (χ2n) is 10.4. The lowest BCUT2D eigenvalue weighted by atomic mass is 9.84. The van der Waals surface area contributed by atoms with E-state index in [2.05, 4.69) is 37.9 Å². The number of anilines is 2. The van der Waals surface area contributed by atoms with Gasteiger partial charge in [0.1, 0.15) is 0 Å². The van der Waals surface area contributed by atoms with Crippen LogP contribution in [0.5, 0.6) is 0 Å². The molecule has 166 valence electrons. The lowest BCUT2D eigenvalue weighted by Crippen LogP contribution is -2.34. The molecule has 1 aromatic rings. The predicted molar refractivity (Wildman–Crippen MR) is 124 cm³/mol. The molecule has 0 aliphatic carbocycles. The normalized spacial score (nSPS) is 18.4. The van der Waals surface area contributed by atoms with Crippen LogP contribution in [0.4, 0.5) is 11.4 Å². The summed E-state index contributed by atoms with van der Waals surface area (Å²) in [7, 11) is 0. The maximum Gasteiger partial charge on any atom is 0.256 e. The largest absolute Gasteiger partial charge is 0.371 e. The van der Waals surface area contributed by atoms with E-state index < -0.39 is 0 Å². The number of carbonyl (C=O) groups excluding carboxylic acids is 2. The van der Waals surface area contributed by atoms with Crippen molar-refractivity contribution in [2.45, 2.75) is 72.6 Å². The van der Waals surface area contributed by atoms with Gasteiger partial charge in [0, 0.05) is 44.0 Å². The van der Waals surface area contributed by atoms with Gasteiger partial charge in [0.2, 0.25) is 5.91 Å². The SMILES string of the molecule is C[C@H](CC(=O)Nc1ccc(N2CCCCC2)c(C(=O)N2CCCC2)c1)CC(C)(C)C. The van der Waals surface area contributed by atoms with Gasteiger partial charge in [-0.25, -0.2) is 0 Å². The van der Waals surface area contributed by atoms with Gasteiger partial charge in [0.15, 0.2) is 0 Å². The smallest absolute Gasteiger partial charge is 0.256 e. The Morgan fingerprint density at radius 3 is 2.27 bits per heavy atom. The van der Waals surface area contributed by atoms with Gasteiger partial charge in [-0.05, 0) is 68.1 Å². The number of rotatable bonds is 6. The van der Waals surface area contributed by atoms with Crippen molar-refractivity contribution in [3.63, 3.8) is 0 Å². The molecule has 2 aliphatic rings. The minimum Gasteiger partial charge on any atom is -0.371 e. The highest BCUT2D eigenvalue weighted by Crippen LogP contribution is 2.30. The molecule has 0 radical (unpaired) electrons. The zero-order valence-electron chi connectivity index (χ0n) is 19.3. The van der Waals surface area contributed by atoms with Gasteiger partial charge in [-0.2, -0.15) is 0 Å². The Kier molecular flexibility index (Phi) is 7.43. The van der Waals surface area contributed by atoms with Crippen molar-refractivity contribution < 1.29 is 9.59 Å². The first-order valence-corrected chi connectivity index (χ1v) is 11.7. The van der Waals surface area contributed by atoms with Crippen LogP contribution in [0.3, 0.4) is 0 Å². The van der Waals surface area contributed by atoms with Crippen molar-refractivity contribution in [3.05, 3.63) is 23.8 Å². The molecule has 1 N–H and O–H groups in total. The minimum absolute atomic E-state index is 0.0250. The number of nitrogens with one attached hydrogen (secondary N) is 1. The summed E-state index contributed by atoms with van der Waals surface area (Å²) in [5.74, 6) is 0.450. The number of hydrogen-bond donors (Lipinski definition) is 1. The number of piperidine rings is 1. The number of likely N-dealkylation sites (tertiary alicyclic amines) is 1. The third-order valence-corrected chi connectivity index (χ3v) is 6.10. The fraction of sp³-hybridized carbons (Fsp3) is 0.680. The fourth-order valence-corrected chi connectivity index (χ4v) is 4.93. The Hall–Kier alpha value is -2.04. The topological polar surface area (TPSA) is 52.7 Å². The molecule has 1 aromatic carbocycles. The molecule has 2 aliphatic heterocycles. The number of amides is 2. The highest BCUT2D eigenvalue weighted by Gasteiger charge is 2.25. The molecule has 2 fully saturated rings. The Morgan fingerprint density at radius 2 is 1.63 bits per heavy atom. The van der Waals surface area contributed by atoms with Crippen LogP contribution in [-0.2, 0) is 4.79 Å². The third kappa shape index (κ3) is 6.23. The number of carbonyl (C=O) groups is 2. The van der Waals surface area contributed by atoms with Crippen molar-refractivity contribution in [1.29, 1.82) is 0 Å². The van der Waals surface area contributed by atoms with Crippen LogP contribution >= 0.6 is 0 Å². The van der Waals surface area contributed by atoms with E-state index in [4.69, 9.17) is 0 Å². The monoisotopic (exact) mass is 413 g/mol. The maximum absolute atomic E-state index is 13.3. The Bertz CT molecular complexity index is 741. The van der Waals surface area contributed by atoms with Gasteiger partial charge in [-0.3, -0.25) is 9.59 Å². The van der Waals surface area contributed by atoms with Crippen molar-refractivity contribution >= 4 is 23.2 Å². The molecular formula is C25H39N3O2. The van der Waals surface area contributed by atoms with Crippen LogP contribution in [0.2, 0.25) is 0 Å². The van der Waals surface area contributed by atoms with E-state index in [-0.39, 0.29) is 17.2 Å². The molecule has 0 unspecified atom stereocenters. The first-order valence-electron chi connectivity index (χ1n) is 11.7. The van der Waals surface area contributed by atoms with Crippen molar-refractivity contribution in [3.8, 4) is 0 Å². The summed E-state index contributed by atoms with van der Waals surface area (Å²) in [5.41, 5.74) is 2.70. The van der Waals surface area contributed by atoms with Gasteiger partial charge in [-0.1, -0.05) is 27.7 Å².